The number of aliphatic hydroxyl groups excluding tert-OH is 1. The number of amides is 3. The number of carbonyl (C=O) groups excluding carboxylic acids is 3. The van der Waals surface area contributed by atoms with Crippen molar-refractivity contribution in [1.29, 1.82) is 0 Å². The van der Waals surface area contributed by atoms with Crippen LogP contribution in [0.3, 0.4) is 0 Å². The van der Waals surface area contributed by atoms with Gasteiger partial charge in [0.25, 0.3) is 5.91 Å². The maximum absolute atomic E-state index is 15.1. The van der Waals surface area contributed by atoms with Crippen LogP contribution in [0.5, 0.6) is 11.5 Å². The van der Waals surface area contributed by atoms with Gasteiger partial charge in [0.15, 0.2) is 29.3 Å². The second-order valence-corrected chi connectivity index (χ2v) is 29.5. The third-order valence-corrected chi connectivity index (χ3v) is 21.5. The Morgan fingerprint density at radius 3 is 2.24 bits per heavy atom. The highest BCUT2D eigenvalue weighted by Crippen LogP contribution is 2.66. The zero-order chi connectivity index (χ0) is 64.5. The van der Waals surface area contributed by atoms with Gasteiger partial charge in [-0.15, -0.1) is 0 Å². The number of anilines is 2. The molecule has 3 aromatic carbocycles. The van der Waals surface area contributed by atoms with Crippen molar-refractivity contribution in [1.82, 2.24) is 39.6 Å². The summed E-state index contributed by atoms with van der Waals surface area (Å²) in [5, 5.41) is 17.8. The van der Waals surface area contributed by atoms with Gasteiger partial charge in [0, 0.05) is 98.3 Å². The molecule has 4 aliphatic heterocycles. The molecule has 9 N–H and O–H groups in total. The highest BCUT2D eigenvalue weighted by molar-refractivity contribution is 8.08. The quantitative estimate of drug-likeness (QED) is 0.0120. The number of ether oxygens (including phenoxy) is 3. The molecule has 6 atom stereocenters. The molecule has 5 aromatic rings. The molecule has 9 rings (SSSR count). The number of hydrogen-bond donors (Lipinski definition) is 8. The Morgan fingerprint density at radius 1 is 0.875 bits per heavy atom. The first-order valence-corrected chi connectivity index (χ1v) is 34.5. The van der Waals surface area contributed by atoms with Gasteiger partial charge in [-0.2, -0.15) is 4.31 Å². The number of halogens is 4. The number of rotatable bonds is 20. The van der Waals surface area contributed by atoms with Gasteiger partial charge < -0.3 is 65.1 Å². The number of benzene rings is 3. The van der Waals surface area contributed by atoms with Crippen molar-refractivity contribution in [2.45, 2.75) is 104 Å². The van der Waals surface area contributed by atoms with Gasteiger partial charge in [0.05, 0.1) is 50.2 Å². The molecular formula is C54H64Cl4N10O16P3S+. The molecular weight excluding hydrogens is 1310 g/mol. The van der Waals surface area contributed by atoms with Crippen LogP contribution >= 0.6 is 68.8 Å². The molecule has 1 saturated heterocycles. The molecule has 0 spiro atoms. The summed E-state index contributed by atoms with van der Waals surface area (Å²) in [5.74, 6) is -0.0295. The summed E-state index contributed by atoms with van der Waals surface area (Å²) in [6.45, 7) is 12.1. The molecule has 1 fully saturated rings. The number of fused-ring (bicyclic) bond motifs is 5. The van der Waals surface area contributed by atoms with Crippen LogP contribution in [0.4, 0.5) is 16.3 Å². The van der Waals surface area contributed by atoms with Crippen molar-refractivity contribution in [3.05, 3.63) is 108 Å². The third-order valence-electron chi connectivity index (χ3n) is 15.3. The second kappa shape index (κ2) is 25.5. The number of alkyl carbamates (subject to hydrolysis) is 1. The Balaban J connectivity index is 0.908. The number of aliphatic hydroxyl groups is 1. The lowest BCUT2D eigenvalue weighted by Gasteiger charge is -2.43. The Kier molecular flexibility index (Phi) is 19.5. The van der Waals surface area contributed by atoms with Crippen LogP contribution < -0.4 is 41.2 Å². The van der Waals surface area contributed by atoms with Gasteiger partial charge in [0.1, 0.15) is 42.1 Å². The number of allylic oxidation sites excluding steroid dienone is 2. The minimum atomic E-state index is -5.71. The molecule has 26 nitrogen and oxygen atoms in total. The number of likely N-dealkylation sites (N-methyl/N-ethyl adjacent to an activating group) is 2. The zero-order valence-electron chi connectivity index (χ0n) is 48.8. The van der Waals surface area contributed by atoms with Crippen molar-refractivity contribution in [3.8, 4) is 11.5 Å². The van der Waals surface area contributed by atoms with Crippen molar-refractivity contribution in [2.75, 3.05) is 57.0 Å². The number of aromatic nitrogens is 4. The van der Waals surface area contributed by atoms with E-state index in [9.17, 15) is 43.4 Å². The van der Waals surface area contributed by atoms with E-state index in [1.54, 1.807) is 7.05 Å². The first-order valence-electron chi connectivity index (χ1n) is 27.3. The van der Waals surface area contributed by atoms with Gasteiger partial charge >= 0.3 is 28.5 Å². The normalized spacial score (nSPS) is 20.5. The number of nitrogens with one attached hydrogen (secondary N) is 2. The minimum absolute atomic E-state index is 0.0146. The van der Waals surface area contributed by atoms with Gasteiger partial charge in [-0.3, -0.25) is 18.7 Å². The van der Waals surface area contributed by atoms with E-state index in [4.69, 9.17) is 70.9 Å². The van der Waals surface area contributed by atoms with Gasteiger partial charge in [-0.1, -0.05) is 52.5 Å². The number of nitrogens with two attached hydrogens (primary N) is 1. The van der Waals surface area contributed by atoms with Crippen molar-refractivity contribution in [2.24, 2.45) is 0 Å². The lowest BCUT2D eigenvalue weighted by molar-refractivity contribution is -0.121. The van der Waals surface area contributed by atoms with Crippen LogP contribution in [-0.4, -0.2) is 143 Å². The standard InChI is InChI=1S/C54H63Cl4N10O16P3S/c1-10-67-32-19-34-30(17-28(32)26(3)21-53(67,5)6)38(31-18-29-27(4)22-54(7,8)68(11-2)33(29)20-35(31)80-34)39-40(42(56)44(58)43(57)41(39)55)50(71)65(9)16-12-13-37(69)60-14-15-61-52(72)82-47-36(23-79-85(73,74)83-86(75,76)84-87(77,78)88)81-51(46(47)70)66-25-64-45-48(59)62-24-63-49(45)66/h17-22,24-25,36,46-47,51,70H,10-16,23H2,1-9H3,(H7-,59,60,61,62,63,69,72,73,74,75,76,77,78,88)/p+1/t36-,46-,47-,51-/m1/s1. The third kappa shape index (κ3) is 13.6. The number of imidazole rings is 1. The van der Waals surface area contributed by atoms with Crippen molar-refractivity contribution < 1.29 is 75.5 Å². The number of carbonyl (C=O) groups is 3. The van der Waals surface area contributed by atoms with Crippen LogP contribution in [0.2, 0.25) is 20.1 Å². The number of phosphoric acid groups is 2. The van der Waals surface area contributed by atoms with Gasteiger partial charge in [-0.25, -0.2) is 37.8 Å². The van der Waals surface area contributed by atoms with E-state index in [0.29, 0.717) is 40.9 Å². The Morgan fingerprint density at radius 2 is 1.56 bits per heavy atom. The maximum atomic E-state index is 15.1. The van der Waals surface area contributed by atoms with Gasteiger partial charge in [0.2, 0.25) is 11.3 Å². The van der Waals surface area contributed by atoms with Crippen LogP contribution in [-0.2, 0) is 48.4 Å². The van der Waals surface area contributed by atoms with E-state index < -0.39 is 71.4 Å². The van der Waals surface area contributed by atoms with E-state index >= 15 is 4.79 Å². The molecule has 0 bridgehead atoms. The lowest BCUT2D eigenvalue weighted by atomic mass is 9.83. The molecule has 0 radical (unpaired) electrons. The monoisotopic (exact) mass is 1370 g/mol. The number of phosphoric ester groups is 1. The Bertz CT molecular complexity index is 4070. The highest BCUT2D eigenvalue weighted by Gasteiger charge is 2.50. The molecule has 34 heteroatoms. The number of hydrogen-bond acceptors (Lipinski definition) is 18. The van der Waals surface area contributed by atoms with Gasteiger partial charge in [-0.05, 0) is 89.1 Å². The predicted molar refractivity (Wildman–Crippen MR) is 334 cm³/mol. The Labute approximate surface area is 529 Å². The van der Waals surface area contributed by atoms with Crippen LogP contribution in [0.25, 0.3) is 27.9 Å². The maximum Gasteiger partial charge on any atom is 0.488 e. The fourth-order valence-electron chi connectivity index (χ4n) is 11.7. The number of nitrogens with zero attached hydrogens (tertiary/aromatic N) is 7. The largest absolute Gasteiger partial charge is 0.488 e. The summed E-state index contributed by atoms with van der Waals surface area (Å²) in [5.41, 5.74) is 11.8. The molecule has 2 unspecified atom stereocenters. The van der Waals surface area contributed by atoms with Crippen LogP contribution in [0.1, 0.15) is 107 Å². The van der Waals surface area contributed by atoms with E-state index in [2.05, 4.69) is 135 Å². The van der Waals surface area contributed by atoms with Crippen molar-refractivity contribution in [3.63, 3.8) is 0 Å². The van der Waals surface area contributed by atoms with E-state index in [1.165, 1.54) is 15.8 Å². The average Bonchev–Trinajstić information content (AvgIpc) is 0.929. The topological polar surface area (TPSA) is 345 Å². The van der Waals surface area contributed by atoms with E-state index in [0.717, 1.165) is 39.6 Å². The molecule has 474 valence electrons. The second-order valence-electron chi connectivity index (χ2n) is 22.2. The minimum Gasteiger partial charge on any atom is -0.456 e. The molecule has 3 amide bonds. The summed E-state index contributed by atoms with van der Waals surface area (Å²) in [7, 11) is -9.79. The summed E-state index contributed by atoms with van der Waals surface area (Å²) in [4.78, 5) is 95.9. The molecule has 0 saturated carbocycles. The molecule has 6 heterocycles. The summed E-state index contributed by atoms with van der Waals surface area (Å²) in [6, 6.07) is 8.16. The highest BCUT2D eigenvalue weighted by atomic mass is 35.5. The SMILES string of the molecule is CCN1c2cc3c(cc2C(C)=CC1(C)C)C(c1c(Cl)c(Cl)c(Cl)c(Cl)c1C(=O)N(C)CCCC(=O)NCCNC(=O)O[C@H]1[C@@H](O)[C@H](n2cnc4c(N)ncnc42)O[C@@H]1COP(=O)(O)OP(=O)(O)OP(O)(O)=S)=c1cc2c(cc1O3)=[N+](CC)C(C)(C)C=C2C. The summed E-state index contributed by atoms with van der Waals surface area (Å²) in [6.07, 6.45) is -1.04. The summed E-state index contributed by atoms with van der Waals surface area (Å²) < 4.78 is 59.5. The van der Waals surface area contributed by atoms with Crippen molar-refractivity contribution >= 4 is 138 Å². The molecule has 2 aromatic heterocycles. The first-order chi connectivity index (χ1) is 41.1. The fourth-order valence-corrected chi connectivity index (χ4v) is 16.5. The summed E-state index contributed by atoms with van der Waals surface area (Å²) >= 11 is 32.4. The smallest absolute Gasteiger partial charge is 0.456 e. The van der Waals surface area contributed by atoms with Crippen LogP contribution in [0, 0.1) is 0 Å². The molecule has 4 aliphatic rings. The zero-order valence-corrected chi connectivity index (χ0v) is 55.3. The van der Waals surface area contributed by atoms with Crippen LogP contribution in [0.15, 0.2) is 49.1 Å². The fraction of sp³-hybridized carbons (Fsp3) is 0.426. The lowest BCUT2D eigenvalue weighted by Crippen LogP contribution is -2.49. The molecule has 88 heavy (non-hydrogen) atoms. The Hall–Kier alpha value is -5.12. The van der Waals surface area contributed by atoms with E-state index in [1.807, 2.05) is 12.1 Å². The molecule has 0 aliphatic carbocycles. The van der Waals surface area contributed by atoms with E-state index in [-0.39, 0.29) is 91.8 Å². The first kappa shape index (κ1) is 67.3. The predicted octanol–water partition coefficient (Wildman–Crippen LogP) is 7.58. The average molecular weight is 1380 g/mol. The number of nitrogen functional groups attached to an aromatic ring is 1.